The molecule has 16 heavy (non-hydrogen) atoms. The van der Waals surface area contributed by atoms with Crippen molar-refractivity contribution in [1.29, 1.82) is 0 Å². The smallest absolute Gasteiger partial charge is 0.0933 e. The molecule has 0 unspecified atom stereocenters. The van der Waals surface area contributed by atoms with Gasteiger partial charge in [-0.15, -0.1) is 0 Å². The summed E-state index contributed by atoms with van der Waals surface area (Å²) in [6, 6.07) is 12.2. The Morgan fingerprint density at radius 1 is 1.12 bits per heavy atom. The summed E-state index contributed by atoms with van der Waals surface area (Å²) in [4.78, 5) is 5.37. The first kappa shape index (κ1) is 10.9. The minimum atomic E-state index is 0.591. The molecule has 1 heterocycles. The highest BCUT2D eigenvalue weighted by atomic mass is 16.6. The molecule has 0 saturated heterocycles. The lowest BCUT2D eigenvalue weighted by molar-refractivity contribution is 0.0235. The molecular weight excluding hydrogens is 200 g/mol. The predicted octanol–water partition coefficient (Wildman–Crippen LogP) is 2.25. The molecule has 0 fully saturated rings. The van der Waals surface area contributed by atoms with Crippen molar-refractivity contribution in [3.05, 3.63) is 59.9 Å². The van der Waals surface area contributed by atoms with Gasteiger partial charge in [-0.05, 0) is 17.2 Å². The average Bonchev–Trinajstić information content (AvgIpc) is 2.72. The van der Waals surface area contributed by atoms with Crippen molar-refractivity contribution >= 4 is 0 Å². The topological polar surface area (TPSA) is 26.2 Å². The molecule has 0 spiro atoms. The summed E-state index contributed by atoms with van der Waals surface area (Å²) in [6.07, 6.45) is 4.09. The molecule has 1 N–H and O–H groups in total. The van der Waals surface area contributed by atoms with Gasteiger partial charge in [-0.3, -0.25) is 4.84 Å². The van der Waals surface area contributed by atoms with Gasteiger partial charge in [0.25, 0.3) is 0 Å². The predicted molar refractivity (Wildman–Crippen MR) is 63.5 cm³/mol. The lowest BCUT2D eigenvalue weighted by atomic mass is 10.2. The van der Waals surface area contributed by atoms with Crippen LogP contribution in [-0.4, -0.2) is 4.57 Å². The molecule has 1 aromatic carbocycles. The number of aryl methyl sites for hydroxylation is 1. The van der Waals surface area contributed by atoms with E-state index in [0.717, 1.165) is 6.54 Å². The maximum Gasteiger partial charge on any atom is 0.0933 e. The van der Waals surface area contributed by atoms with Crippen LogP contribution in [0.2, 0.25) is 0 Å². The molecule has 0 amide bonds. The van der Waals surface area contributed by atoms with Crippen molar-refractivity contribution in [3.63, 3.8) is 0 Å². The molecule has 0 atom stereocenters. The largest absolute Gasteiger partial charge is 0.357 e. The van der Waals surface area contributed by atoms with Crippen LogP contribution in [-0.2, 0) is 25.0 Å². The van der Waals surface area contributed by atoms with Crippen LogP contribution in [0.4, 0.5) is 0 Å². The molecule has 3 heteroatoms. The third kappa shape index (κ3) is 3.22. The summed E-state index contributed by atoms with van der Waals surface area (Å²) in [5.74, 6) is 0. The zero-order chi connectivity index (χ0) is 11.2. The van der Waals surface area contributed by atoms with Gasteiger partial charge in [0.1, 0.15) is 0 Å². The minimum Gasteiger partial charge on any atom is -0.357 e. The second-order valence-electron chi connectivity index (χ2n) is 3.78. The van der Waals surface area contributed by atoms with E-state index in [0.29, 0.717) is 6.61 Å². The van der Waals surface area contributed by atoms with E-state index in [-0.39, 0.29) is 0 Å². The van der Waals surface area contributed by atoms with Gasteiger partial charge >= 0.3 is 0 Å². The standard InChI is InChI=1S/C13H16N2O/c1-15-8-7-13(10-15)9-14-16-11-12-5-3-2-4-6-12/h2-8,10,14H,9,11H2,1H3. The van der Waals surface area contributed by atoms with Crippen LogP contribution in [0, 0.1) is 0 Å². The SMILES string of the molecule is Cn1ccc(CNOCc2ccccc2)c1. The van der Waals surface area contributed by atoms with E-state index in [4.69, 9.17) is 4.84 Å². The Hall–Kier alpha value is -1.58. The Kier molecular flexibility index (Phi) is 3.75. The molecule has 3 nitrogen and oxygen atoms in total. The van der Waals surface area contributed by atoms with Gasteiger partial charge in [-0.2, -0.15) is 5.48 Å². The van der Waals surface area contributed by atoms with Crippen LogP contribution >= 0.6 is 0 Å². The van der Waals surface area contributed by atoms with E-state index in [1.54, 1.807) is 0 Å². The first-order valence-electron chi connectivity index (χ1n) is 5.34. The zero-order valence-corrected chi connectivity index (χ0v) is 9.39. The lowest BCUT2D eigenvalue weighted by Crippen LogP contribution is -2.13. The van der Waals surface area contributed by atoms with E-state index in [1.807, 2.05) is 48.1 Å². The summed E-state index contributed by atoms with van der Waals surface area (Å²) < 4.78 is 2.02. The van der Waals surface area contributed by atoms with E-state index in [1.165, 1.54) is 11.1 Å². The number of benzene rings is 1. The van der Waals surface area contributed by atoms with E-state index in [2.05, 4.69) is 17.7 Å². The number of nitrogens with zero attached hydrogens (tertiary/aromatic N) is 1. The number of hydrogen-bond acceptors (Lipinski definition) is 2. The second kappa shape index (κ2) is 5.49. The van der Waals surface area contributed by atoms with E-state index < -0.39 is 0 Å². The van der Waals surface area contributed by atoms with Crippen molar-refractivity contribution in [1.82, 2.24) is 10.0 Å². The number of hydroxylamine groups is 1. The van der Waals surface area contributed by atoms with Gasteiger partial charge in [-0.1, -0.05) is 30.3 Å². The normalized spacial score (nSPS) is 10.6. The number of hydrogen-bond donors (Lipinski definition) is 1. The molecule has 2 rings (SSSR count). The van der Waals surface area contributed by atoms with Crippen molar-refractivity contribution in [2.45, 2.75) is 13.2 Å². The van der Waals surface area contributed by atoms with Crippen LogP contribution in [0.3, 0.4) is 0 Å². The summed E-state index contributed by atoms with van der Waals surface area (Å²) in [6.45, 7) is 1.32. The molecule has 84 valence electrons. The summed E-state index contributed by atoms with van der Waals surface area (Å²) in [5.41, 5.74) is 5.34. The molecule has 0 radical (unpaired) electrons. The summed E-state index contributed by atoms with van der Waals surface area (Å²) in [7, 11) is 2.01. The molecule has 0 bridgehead atoms. The lowest BCUT2D eigenvalue weighted by Gasteiger charge is -2.04. The highest BCUT2D eigenvalue weighted by Crippen LogP contribution is 2.01. The second-order valence-corrected chi connectivity index (χ2v) is 3.78. The van der Waals surface area contributed by atoms with Crippen molar-refractivity contribution in [3.8, 4) is 0 Å². The van der Waals surface area contributed by atoms with Crippen LogP contribution in [0.5, 0.6) is 0 Å². The highest BCUT2D eigenvalue weighted by molar-refractivity contribution is 5.13. The zero-order valence-electron chi connectivity index (χ0n) is 9.39. The molecule has 1 aromatic heterocycles. The Labute approximate surface area is 95.6 Å². The third-order valence-electron chi connectivity index (χ3n) is 2.35. The molecule has 0 aliphatic rings. The first-order chi connectivity index (χ1) is 7.84. The number of rotatable bonds is 5. The van der Waals surface area contributed by atoms with Gasteiger partial charge in [0.05, 0.1) is 6.61 Å². The Bertz CT molecular complexity index is 423. The van der Waals surface area contributed by atoms with Gasteiger partial charge in [-0.25, -0.2) is 0 Å². The van der Waals surface area contributed by atoms with Crippen LogP contribution in [0.1, 0.15) is 11.1 Å². The average molecular weight is 216 g/mol. The Morgan fingerprint density at radius 2 is 1.94 bits per heavy atom. The third-order valence-corrected chi connectivity index (χ3v) is 2.35. The summed E-state index contributed by atoms with van der Waals surface area (Å²) in [5, 5.41) is 0. The highest BCUT2D eigenvalue weighted by Gasteiger charge is 1.95. The van der Waals surface area contributed by atoms with Gasteiger partial charge < -0.3 is 4.57 Å². The molecule has 0 saturated carbocycles. The van der Waals surface area contributed by atoms with Gasteiger partial charge in [0.2, 0.25) is 0 Å². The van der Waals surface area contributed by atoms with Crippen LogP contribution in [0.15, 0.2) is 48.8 Å². The monoisotopic (exact) mass is 216 g/mol. The first-order valence-corrected chi connectivity index (χ1v) is 5.34. The number of aromatic nitrogens is 1. The minimum absolute atomic E-state index is 0.591. The van der Waals surface area contributed by atoms with E-state index >= 15 is 0 Å². The van der Waals surface area contributed by atoms with Crippen molar-refractivity contribution in [2.75, 3.05) is 0 Å². The maximum absolute atomic E-state index is 5.37. The fourth-order valence-electron chi connectivity index (χ4n) is 1.51. The van der Waals surface area contributed by atoms with Crippen LogP contribution < -0.4 is 5.48 Å². The van der Waals surface area contributed by atoms with Crippen molar-refractivity contribution in [2.24, 2.45) is 7.05 Å². The Morgan fingerprint density at radius 3 is 2.62 bits per heavy atom. The van der Waals surface area contributed by atoms with Gasteiger partial charge in [0, 0.05) is 26.0 Å². The maximum atomic E-state index is 5.37. The number of nitrogens with one attached hydrogen (secondary N) is 1. The molecular formula is C13H16N2O. The summed E-state index contributed by atoms with van der Waals surface area (Å²) >= 11 is 0. The fourth-order valence-corrected chi connectivity index (χ4v) is 1.51. The van der Waals surface area contributed by atoms with Gasteiger partial charge in [0.15, 0.2) is 0 Å². The fraction of sp³-hybridized carbons (Fsp3) is 0.231. The quantitative estimate of drug-likeness (QED) is 0.613. The van der Waals surface area contributed by atoms with Crippen molar-refractivity contribution < 1.29 is 4.84 Å². The Balaban J connectivity index is 1.69. The molecule has 0 aliphatic carbocycles. The van der Waals surface area contributed by atoms with E-state index in [9.17, 15) is 0 Å². The van der Waals surface area contributed by atoms with Crippen LogP contribution in [0.25, 0.3) is 0 Å². The molecule has 2 aromatic rings. The molecule has 0 aliphatic heterocycles.